The molecular formula is C12H17ClN2O. The van der Waals surface area contributed by atoms with Crippen molar-refractivity contribution >= 4 is 24.0 Å². The first-order valence-electron chi connectivity index (χ1n) is 5.30. The number of nitrogens with one attached hydrogen (secondary N) is 1. The molecule has 0 saturated carbocycles. The van der Waals surface area contributed by atoms with E-state index in [2.05, 4.69) is 11.4 Å². The predicted octanol–water partition coefficient (Wildman–Crippen LogP) is 1.88. The molecule has 2 rings (SSSR count). The summed E-state index contributed by atoms with van der Waals surface area (Å²) in [6, 6.07) is 6.35. The summed E-state index contributed by atoms with van der Waals surface area (Å²) in [5.41, 5.74) is 9.43. The maximum absolute atomic E-state index is 10.9. The van der Waals surface area contributed by atoms with E-state index in [4.69, 9.17) is 5.73 Å². The third-order valence-corrected chi connectivity index (χ3v) is 2.79. The standard InChI is InChI=1S/C12H16N2O.ClH/c1-8(15)14-12-5-3-9-2-4-11(13)6-10(9)7-12;/h3,5,7,11H,2,4,6,13H2,1H3,(H,14,15);1H. The lowest BCUT2D eigenvalue weighted by atomic mass is 9.88. The lowest BCUT2D eigenvalue weighted by Gasteiger charge is -2.21. The number of carbonyl (C=O) groups is 1. The lowest BCUT2D eigenvalue weighted by molar-refractivity contribution is -0.114. The number of amides is 1. The Morgan fingerprint density at radius 3 is 2.88 bits per heavy atom. The molecule has 16 heavy (non-hydrogen) atoms. The van der Waals surface area contributed by atoms with Gasteiger partial charge in [0, 0.05) is 18.7 Å². The van der Waals surface area contributed by atoms with E-state index in [0.717, 1.165) is 24.9 Å². The first-order valence-corrected chi connectivity index (χ1v) is 5.30. The predicted molar refractivity (Wildman–Crippen MR) is 68.0 cm³/mol. The molecule has 0 fully saturated rings. The van der Waals surface area contributed by atoms with Crippen molar-refractivity contribution in [3.05, 3.63) is 29.3 Å². The van der Waals surface area contributed by atoms with E-state index in [1.54, 1.807) is 0 Å². The minimum atomic E-state index is -0.0324. The SMILES string of the molecule is CC(=O)Nc1ccc2c(c1)CC(N)CC2.Cl. The molecule has 1 amide bonds. The van der Waals surface area contributed by atoms with Crippen LogP contribution >= 0.6 is 12.4 Å². The quantitative estimate of drug-likeness (QED) is 0.788. The molecule has 3 N–H and O–H groups in total. The van der Waals surface area contributed by atoms with E-state index in [0.29, 0.717) is 0 Å². The summed E-state index contributed by atoms with van der Waals surface area (Å²) in [5.74, 6) is -0.0324. The third kappa shape index (κ3) is 2.97. The normalized spacial score (nSPS) is 18.2. The van der Waals surface area contributed by atoms with Crippen molar-refractivity contribution in [3.63, 3.8) is 0 Å². The van der Waals surface area contributed by atoms with Crippen LogP contribution in [-0.4, -0.2) is 11.9 Å². The number of benzene rings is 1. The number of rotatable bonds is 1. The highest BCUT2D eigenvalue weighted by Crippen LogP contribution is 2.23. The highest BCUT2D eigenvalue weighted by Gasteiger charge is 2.15. The van der Waals surface area contributed by atoms with E-state index in [-0.39, 0.29) is 24.4 Å². The second kappa shape index (κ2) is 5.32. The maximum atomic E-state index is 10.9. The minimum absolute atomic E-state index is 0. The second-order valence-corrected chi connectivity index (χ2v) is 4.17. The van der Waals surface area contributed by atoms with Crippen LogP contribution in [0.3, 0.4) is 0 Å². The molecule has 1 aliphatic rings. The zero-order valence-corrected chi connectivity index (χ0v) is 10.1. The second-order valence-electron chi connectivity index (χ2n) is 4.17. The summed E-state index contributed by atoms with van der Waals surface area (Å²) in [4.78, 5) is 10.9. The van der Waals surface area contributed by atoms with Crippen LogP contribution in [0.5, 0.6) is 0 Å². The van der Waals surface area contributed by atoms with Crippen molar-refractivity contribution in [2.75, 3.05) is 5.32 Å². The van der Waals surface area contributed by atoms with Crippen LogP contribution in [0.25, 0.3) is 0 Å². The van der Waals surface area contributed by atoms with Crippen LogP contribution in [0.1, 0.15) is 24.5 Å². The Balaban J connectivity index is 0.00000128. The van der Waals surface area contributed by atoms with Gasteiger partial charge in [0.1, 0.15) is 0 Å². The maximum Gasteiger partial charge on any atom is 0.221 e. The molecule has 0 radical (unpaired) electrons. The van der Waals surface area contributed by atoms with Gasteiger partial charge in [0.05, 0.1) is 0 Å². The molecule has 1 aromatic carbocycles. The van der Waals surface area contributed by atoms with Gasteiger partial charge in [0.25, 0.3) is 0 Å². The lowest BCUT2D eigenvalue weighted by Crippen LogP contribution is -2.27. The summed E-state index contributed by atoms with van der Waals surface area (Å²) in [6.45, 7) is 1.52. The van der Waals surface area contributed by atoms with Crippen molar-refractivity contribution < 1.29 is 4.79 Å². The van der Waals surface area contributed by atoms with Crippen LogP contribution in [0.2, 0.25) is 0 Å². The third-order valence-electron chi connectivity index (χ3n) is 2.79. The summed E-state index contributed by atoms with van der Waals surface area (Å²) in [7, 11) is 0. The molecule has 0 aromatic heterocycles. The largest absolute Gasteiger partial charge is 0.327 e. The number of anilines is 1. The van der Waals surface area contributed by atoms with Crippen molar-refractivity contribution in [3.8, 4) is 0 Å². The molecule has 0 spiro atoms. The number of hydrogen-bond donors (Lipinski definition) is 2. The molecule has 1 aromatic rings. The van der Waals surface area contributed by atoms with Crippen molar-refractivity contribution in [2.24, 2.45) is 5.73 Å². The minimum Gasteiger partial charge on any atom is -0.327 e. The Kier molecular flexibility index (Phi) is 4.33. The molecule has 88 valence electrons. The molecule has 4 heteroatoms. The Morgan fingerprint density at radius 1 is 1.44 bits per heavy atom. The zero-order chi connectivity index (χ0) is 10.8. The van der Waals surface area contributed by atoms with Gasteiger partial charge in [0.2, 0.25) is 5.91 Å². The summed E-state index contributed by atoms with van der Waals surface area (Å²) < 4.78 is 0. The molecule has 1 aliphatic carbocycles. The Hall–Kier alpha value is -1.06. The zero-order valence-electron chi connectivity index (χ0n) is 9.32. The van der Waals surface area contributed by atoms with Gasteiger partial charge >= 0.3 is 0 Å². The van der Waals surface area contributed by atoms with Crippen molar-refractivity contribution in [1.29, 1.82) is 0 Å². The number of aryl methyl sites for hydroxylation is 1. The van der Waals surface area contributed by atoms with Gasteiger partial charge in [0.15, 0.2) is 0 Å². The fourth-order valence-corrected chi connectivity index (χ4v) is 2.07. The molecule has 0 heterocycles. The van der Waals surface area contributed by atoms with Crippen molar-refractivity contribution in [1.82, 2.24) is 0 Å². The first kappa shape index (κ1) is 13.0. The van der Waals surface area contributed by atoms with E-state index in [9.17, 15) is 4.79 Å². The topological polar surface area (TPSA) is 55.1 Å². The molecule has 0 bridgehead atoms. The number of halogens is 1. The first-order chi connectivity index (χ1) is 7.15. The highest BCUT2D eigenvalue weighted by molar-refractivity contribution is 5.88. The van der Waals surface area contributed by atoms with Gasteiger partial charge in [-0.25, -0.2) is 0 Å². The number of hydrogen-bond acceptors (Lipinski definition) is 2. The van der Waals surface area contributed by atoms with Crippen LogP contribution in [-0.2, 0) is 17.6 Å². The molecule has 1 unspecified atom stereocenters. The van der Waals surface area contributed by atoms with E-state index < -0.39 is 0 Å². The average Bonchev–Trinajstić information content (AvgIpc) is 2.16. The van der Waals surface area contributed by atoms with Gasteiger partial charge in [-0.3, -0.25) is 4.79 Å². The van der Waals surface area contributed by atoms with Crippen molar-refractivity contribution in [2.45, 2.75) is 32.2 Å². The molecule has 0 aliphatic heterocycles. The van der Waals surface area contributed by atoms with Gasteiger partial charge in [-0.2, -0.15) is 0 Å². The molecular weight excluding hydrogens is 224 g/mol. The monoisotopic (exact) mass is 240 g/mol. The highest BCUT2D eigenvalue weighted by atomic mass is 35.5. The number of nitrogens with two attached hydrogens (primary N) is 1. The van der Waals surface area contributed by atoms with Crippen LogP contribution in [0.4, 0.5) is 5.69 Å². The van der Waals surface area contributed by atoms with Gasteiger partial charge in [-0.1, -0.05) is 6.07 Å². The molecule has 1 atom stereocenters. The van der Waals surface area contributed by atoms with Crippen LogP contribution in [0, 0.1) is 0 Å². The summed E-state index contributed by atoms with van der Waals surface area (Å²) >= 11 is 0. The van der Waals surface area contributed by atoms with Gasteiger partial charge in [-0.05, 0) is 42.5 Å². The molecule has 3 nitrogen and oxygen atoms in total. The van der Waals surface area contributed by atoms with Gasteiger partial charge < -0.3 is 11.1 Å². The Morgan fingerprint density at radius 2 is 2.19 bits per heavy atom. The Bertz CT molecular complexity index is 393. The summed E-state index contributed by atoms with van der Waals surface area (Å²) in [6.07, 6.45) is 3.03. The van der Waals surface area contributed by atoms with Gasteiger partial charge in [-0.15, -0.1) is 12.4 Å². The number of carbonyl (C=O) groups excluding carboxylic acids is 1. The molecule has 0 saturated heterocycles. The Labute approximate surface area is 102 Å². The van der Waals surface area contributed by atoms with Crippen LogP contribution < -0.4 is 11.1 Å². The van der Waals surface area contributed by atoms with E-state index in [1.807, 2.05) is 12.1 Å². The fraction of sp³-hybridized carbons (Fsp3) is 0.417. The average molecular weight is 241 g/mol. The van der Waals surface area contributed by atoms with E-state index >= 15 is 0 Å². The summed E-state index contributed by atoms with van der Waals surface area (Å²) in [5, 5.41) is 2.79. The fourth-order valence-electron chi connectivity index (χ4n) is 2.07. The number of fused-ring (bicyclic) bond motifs is 1. The van der Waals surface area contributed by atoms with Crippen LogP contribution in [0.15, 0.2) is 18.2 Å². The van der Waals surface area contributed by atoms with E-state index in [1.165, 1.54) is 18.1 Å². The smallest absolute Gasteiger partial charge is 0.221 e.